The normalized spacial score (nSPS) is 20.0. The van der Waals surface area contributed by atoms with Gasteiger partial charge in [0.05, 0.1) is 11.6 Å². The van der Waals surface area contributed by atoms with Gasteiger partial charge in [-0.05, 0) is 37.5 Å². The molecule has 1 aliphatic carbocycles. The molecule has 6 heteroatoms. The molecule has 1 aromatic carbocycles. The zero-order valence-electron chi connectivity index (χ0n) is 12.6. The number of nitriles is 1. The van der Waals surface area contributed by atoms with E-state index in [1.807, 2.05) is 23.0 Å². The van der Waals surface area contributed by atoms with Crippen molar-refractivity contribution in [3.63, 3.8) is 0 Å². The summed E-state index contributed by atoms with van der Waals surface area (Å²) in [6, 6.07) is 10.8. The van der Waals surface area contributed by atoms with Crippen molar-refractivity contribution >= 4 is 5.97 Å². The van der Waals surface area contributed by atoms with Gasteiger partial charge in [0.2, 0.25) is 0 Å². The molecule has 23 heavy (non-hydrogen) atoms. The summed E-state index contributed by atoms with van der Waals surface area (Å²) >= 11 is 0. The highest BCUT2D eigenvalue weighted by atomic mass is 16.6. The number of rotatable bonds is 5. The first-order chi connectivity index (χ1) is 11.3. The number of ether oxygens (including phenoxy) is 2. The van der Waals surface area contributed by atoms with Crippen LogP contribution in [-0.4, -0.2) is 28.5 Å². The quantitative estimate of drug-likeness (QED) is 0.793. The summed E-state index contributed by atoms with van der Waals surface area (Å²) in [5.74, 6) is -0.0382. The first-order valence-corrected chi connectivity index (χ1v) is 7.58. The van der Waals surface area contributed by atoms with Crippen LogP contribution >= 0.6 is 0 Å². The molecule has 0 radical (unpaired) electrons. The molecule has 1 saturated carbocycles. The Morgan fingerprint density at radius 3 is 3.00 bits per heavy atom. The molecule has 1 heterocycles. The van der Waals surface area contributed by atoms with Crippen molar-refractivity contribution in [2.75, 3.05) is 6.61 Å². The molecule has 1 aliphatic rings. The summed E-state index contributed by atoms with van der Waals surface area (Å²) in [6.45, 7) is -0.207. The first kappa shape index (κ1) is 15.1. The fourth-order valence-electron chi connectivity index (χ4n) is 2.85. The molecule has 1 fully saturated rings. The highest BCUT2D eigenvalue weighted by Gasteiger charge is 2.32. The Kier molecular flexibility index (Phi) is 4.57. The van der Waals surface area contributed by atoms with Crippen molar-refractivity contribution in [2.45, 2.75) is 31.4 Å². The number of carbonyl (C=O) groups is 1. The number of carbonyl (C=O) groups excluding carboxylic acids is 1. The monoisotopic (exact) mass is 311 g/mol. The minimum Gasteiger partial charge on any atom is -0.481 e. The van der Waals surface area contributed by atoms with Crippen LogP contribution in [0.2, 0.25) is 0 Å². The van der Waals surface area contributed by atoms with Crippen LogP contribution in [0, 0.1) is 11.3 Å². The lowest BCUT2D eigenvalue weighted by molar-refractivity contribution is -0.152. The summed E-state index contributed by atoms with van der Waals surface area (Å²) in [7, 11) is 0. The summed E-state index contributed by atoms with van der Waals surface area (Å²) < 4.78 is 12.8. The molecule has 2 atom stereocenters. The molecule has 0 saturated heterocycles. The zero-order chi connectivity index (χ0) is 16.1. The molecule has 0 bridgehead atoms. The molecular formula is C17H17N3O3. The van der Waals surface area contributed by atoms with Crippen LogP contribution in [0.25, 0.3) is 0 Å². The minimum absolute atomic E-state index is 0.0837. The second-order valence-electron chi connectivity index (χ2n) is 5.41. The number of hydrogen-bond donors (Lipinski definition) is 0. The summed E-state index contributed by atoms with van der Waals surface area (Å²) in [5.41, 5.74) is 0.399. The zero-order valence-corrected chi connectivity index (χ0v) is 12.6. The average molecular weight is 311 g/mol. The van der Waals surface area contributed by atoms with Crippen molar-refractivity contribution in [3.05, 3.63) is 48.3 Å². The van der Waals surface area contributed by atoms with Gasteiger partial charge in [0, 0.05) is 12.4 Å². The Hall–Kier alpha value is -2.81. The van der Waals surface area contributed by atoms with Crippen molar-refractivity contribution < 1.29 is 14.3 Å². The number of aromatic nitrogens is 2. The van der Waals surface area contributed by atoms with Crippen LogP contribution in [0.5, 0.6) is 5.75 Å². The van der Waals surface area contributed by atoms with Crippen molar-refractivity contribution in [2.24, 2.45) is 0 Å². The molecule has 0 N–H and O–H groups in total. The molecule has 3 rings (SSSR count). The van der Waals surface area contributed by atoms with Gasteiger partial charge in [0.25, 0.3) is 0 Å². The topological polar surface area (TPSA) is 77.1 Å². The third-order valence-corrected chi connectivity index (χ3v) is 3.92. The Morgan fingerprint density at radius 1 is 1.35 bits per heavy atom. The molecule has 0 amide bonds. The molecule has 1 aromatic heterocycles. The number of benzene rings is 1. The van der Waals surface area contributed by atoms with Crippen molar-refractivity contribution in [3.8, 4) is 11.8 Å². The van der Waals surface area contributed by atoms with E-state index in [-0.39, 0.29) is 18.8 Å². The fraction of sp³-hybridized carbons (Fsp3) is 0.353. The highest BCUT2D eigenvalue weighted by Crippen LogP contribution is 2.32. The van der Waals surface area contributed by atoms with Crippen molar-refractivity contribution in [1.82, 2.24) is 9.78 Å². The molecule has 2 aromatic rings. The molecule has 0 unspecified atom stereocenters. The van der Waals surface area contributed by atoms with Gasteiger partial charge in [-0.3, -0.25) is 4.68 Å². The van der Waals surface area contributed by atoms with Gasteiger partial charge in [0.15, 0.2) is 6.61 Å². The van der Waals surface area contributed by atoms with Crippen LogP contribution in [0.3, 0.4) is 0 Å². The minimum atomic E-state index is -0.429. The molecular weight excluding hydrogens is 294 g/mol. The third-order valence-electron chi connectivity index (χ3n) is 3.92. The van der Waals surface area contributed by atoms with Gasteiger partial charge < -0.3 is 9.47 Å². The third kappa shape index (κ3) is 3.51. The van der Waals surface area contributed by atoms with Crippen LogP contribution < -0.4 is 4.74 Å². The second kappa shape index (κ2) is 6.97. The number of hydrogen-bond acceptors (Lipinski definition) is 5. The first-order valence-electron chi connectivity index (χ1n) is 7.58. The maximum absolute atomic E-state index is 12.0. The Labute approximate surface area is 134 Å². The van der Waals surface area contributed by atoms with Crippen LogP contribution in [-0.2, 0) is 9.53 Å². The lowest BCUT2D eigenvalue weighted by Crippen LogP contribution is -2.27. The van der Waals surface area contributed by atoms with Crippen molar-refractivity contribution in [1.29, 1.82) is 5.26 Å². The smallest absolute Gasteiger partial charge is 0.344 e. The average Bonchev–Trinajstić information content (AvgIpc) is 3.24. The predicted molar refractivity (Wildman–Crippen MR) is 81.6 cm³/mol. The Morgan fingerprint density at radius 2 is 2.22 bits per heavy atom. The van der Waals surface area contributed by atoms with E-state index >= 15 is 0 Å². The van der Waals surface area contributed by atoms with E-state index in [1.165, 1.54) is 0 Å². The standard InChI is InChI=1S/C17H17N3O3/c18-11-13-5-1-2-7-15(13)22-12-17(21)23-16-8-3-6-14(16)20-10-4-9-19-20/h1-2,4-5,7,9-10,14,16H,3,6,8,12H2/t14-,16-/m1/s1. The Balaban J connectivity index is 1.56. The highest BCUT2D eigenvalue weighted by molar-refractivity contribution is 5.71. The lowest BCUT2D eigenvalue weighted by Gasteiger charge is -2.20. The van der Waals surface area contributed by atoms with Gasteiger partial charge in [0.1, 0.15) is 17.9 Å². The Bertz CT molecular complexity index is 706. The van der Waals surface area contributed by atoms with Crippen LogP contribution in [0.1, 0.15) is 30.9 Å². The SMILES string of the molecule is N#Cc1ccccc1OCC(=O)O[C@@H]1CCC[C@H]1n1cccn1. The fourth-order valence-corrected chi connectivity index (χ4v) is 2.85. The molecule has 0 spiro atoms. The maximum atomic E-state index is 12.0. The molecule has 118 valence electrons. The van der Waals surface area contributed by atoms with E-state index < -0.39 is 5.97 Å². The van der Waals surface area contributed by atoms with E-state index in [0.717, 1.165) is 19.3 Å². The van der Waals surface area contributed by atoms with Crippen LogP contribution in [0.4, 0.5) is 0 Å². The summed E-state index contributed by atoms with van der Waals surface area (Å²) in [6.07, 6.45) is 6.19. The van der Waals surface area contributed by atoms with E-state index in [9.17, 15) is 4.79 Å². The number of esters is 1. The predicted octanol–water partition coefficient (Wildman–Crippen LogP) is 2.47. The molecule has 6 nitrogen and oxygen atoms in total. The van der Waals surface area contributed by atoms with Gasteiger partial charge in [-0.25, -0.2) is 4.79 Å². The summed E-state index contributed by atoms with van der Waals surface area (Å²) in [4.78, 5) is 12.0. The maximum Gasteiger partial charge on any atom is 0.344 e. The molecule has 0 aliphatic heterocycles. The van der Waals surface area contributed by atoms with E-state index in [4.69, 9.17) is 14.7 Å². The van der Waals surface area contributed by atoms with Gasteiger partial charge in [-0.2, -0.15) is 10.4 Å². The van der Waals surface area contributed by atoms with Gasteiger partial charge in [-0.15, -0.1) is 0 Å². The van der Waals surface area contributed by atoms with Gasteiger partial charge >= 0.3 is 5.97 Å². The number of para-hydroxylation sites is 1. The largest absolute Gasteiger partial charge is 0.481 e. The van der Waals surface area contributed by atoms with E-state index in [0.29, 0.717) is 11.3 Å². The lowest BCUT2D eigenvalue weighted by atomic mass is 10.2. The second-order valence-corrected chi connectivity index (χ2v) is 5.41. The summed E-state index contributed by atoms with van der Waals surface area (Å²) in [5, 5.41) is 13.2. The van der Waals surface area contributed by atoms with E-state index in [1.54, 1.807) is 30.5 Å². The number of nitrogens with zero attached hydrogens (tertiary/aromatic N) is 3. The van der Waals surface area contributed by atoms with Crippen LogP contribution in [0.15, 0.2) is 42.7 Å². The van der Waals surface area contributed by atoms with E-state index in [2.05, 4.69) is 5.10 Å². The van der Waals surface area contributed by atoms with Gasteiger partial charge in [-0.1, -0.05) is 12.1 Å².